The van der Waals surface area contributed by atoms with Gasteiger partial charge in [0.25, 0.3) is 5.56 Å². The van der Waals surface area contributed by atoms with Crippen LogP contribution in [0.25, 0.3) is 0 Å². The van der Waals surface area contributed by atoms with E-state index in [0.717, 1.165) is 25.0 Å². The molecule has 1 aromatic heterocycles. The van der Waals surface area contributed by atoms with Crippen molar-refractivity contribution in [1.82, 2.24) is 9.78 Å². The average molecular weight is 194 g/mol. The molecule has 0 aromatic carbocycles. The maximum absolute atomic E-state index is 11.5. The lowest BCUT2D eigenvalue weighted by Gasteiger charge is -2.16. The van der Waals surface area contributed by atoms with Crippen molar-refractivity contribution in [3.63, 3.8) is 0 Å². The lowest BCUT2D eigenvalue weighted by Crippen LogP contribution is -2.31. The first-order valence-corrected chi connectivity index (χ1v) is 4.93. The second kappa shape index (κ2) is 3.53. The van der Waals surface area contributed by atoms with Gasteiger partial charge in [-0.3, -0.25) is 4.79 Å². The number of hydrogen-bond donors (Lipinski definition) is 1. The third-order valence-electron chi connectivity index (χ3n) is 2.72. The van der Waals surface area contributed by atoms with E-state index in [1.165, 1.54) is 10.7 Å². The van der Waals surface area contributed by atoms with Crippen LogP contribution in [0, 0.1) is 6.92 Å². The number of aromatic nitrogens is 2. The number of hydrogen-bond acceptors (Lipinski definition) is 3. The van der Waals surface area contributed by atoms with Gasteiger partial charge >= 0.3 is 0 Å². The van der Waals surface area contributed by atoms with Gasteiger partial charge in [0.15, 0.2) is 0 Å². The third kappa shape index (κ3) is 1.57. The van der Waals surface area contributed by atoms with E-state index >= 15 is 0 Å². The maximum Gasteiger partial charge on any atom is 0.267 e. The van der Waals surface area contributed by atoms with E-state index in [1.54, 1.807) is 6.07 Å². The Labute approximate surface area is 82.2 Å². The number of rotatable bonds is 1. The zero-order valence-corrected chi connectivity index (χ0v) is 8.18. The summed E-state index contributed by atoms with van der Waals surface area (Å²) in [5.74, 6) is 0. The molecular weight excluding hydrogens is 180 g/mol. The molecule has 2 rings (SSSR count). The average Bonchev–Trinajstić information content (AvgIpc) is 2.56. The summed E-state index contributed by atoms with van der Waals surface area (Å²) in [5.41, 5.74) is 0.685. The first-order chi connectivity index (χ1) is 6.68. The Bertz CT molecular complexity index is 386. The fraction of sp³-hybridized carbons (Fsp3) is 0.600. The van der Waals surface area contributed by atoms with Crippen LogP contribution in [0.15, 0.2) is 16.9 Å². The van der Waals surface area contributed by atoms with Crippen LogP contribution in [-0.2, 0) is 0 Å². The highest BCUT2D eigenvalue weighted by molar-refractivity contribution is 4.99. The van der Waals surface area contributed by atoms with Crippen LogP contribution in [0.5, 0.6) is 0 Å². The topological polar surface area (TPSA) is 55.1 Å². The maximum atomic E-state index is 11.5. The second-order valence-corrected chi connectivity index (χ2v) is 3.82. The van der Waals surface area contributed by atoms with Crippen LogP contribution >= 0.6 is 0 Å². The molecule has 1 aliphatic carbocycles. The summed E-state index contributed by atoms with van der Waals surface area (Å²) in [7, 11) is 0. The minimum atomic E-state index is -0.415. The monoisotopic (exact) mass is 194 g/mol. The smallest absolute Gasteiger partial charge is 0.267 e. The Hall–Kier alpha value is -1.16. The van der Waals surface area contributed by atoms with Gasteiger partial charge in [0.05, 0.1) is 17.8 Å². The molecule has 1 fully saturated rings. The first kappa shape index (κ1) is 9.40. The molecule has 4 nitrogen and oxygen atoms in total. The molecule has 0 amide bonds. The van der Waals surface area contributed by atoms with E-state index in [2.05, 4.69) is 5.10 Å². The Morgan fingerprint density at radius 2 is 2.29 bits per heavy atom. The standard InChI is InChI=1S/C10H14N2O2/c1-7-5-6-10(14)12(11-7)8-3-2-4-9(8)13/h5-6,8-9,13H,2-4H2,1H3. The van der Waals surface area contributed by atoms with Crippen molar-refractivity contribution in [3.8, 4) is 0 Å². The molecule has 1 heterocycles. The highest BCUT2D eigenvalue weighted by Crippen LogP contribution is 2.27. The summed E-state index contributed by atoms with van der Waals surface area (Å²) < 4.78 is 1.42. The molecule has 1 saturated carbocycles. The quantitative estimate of drug-likeness (QED) is 0.713. The van der Waals surface area contributed by atoms with Gasteiger partial charge in [-0.2, -0.15) is 5.10 Å². The van der Waals surface area contributed by atoms with E-state index < -0.39 is 6.10 Å². The number of aliphatic hydroxyl groups excluding tert-OH is 1. The van der Waals surface area contributed by atoms with Crippen LogP contribution in [0.2, 0.25) is 0 Å². The number of aryl methyl sites for hydroxylation is 1. The van der Waals surface area contributed by atoms with Crippen LogP contribution in [-0.4, -0.2) is 21.0 Å². The predicted octanol–water partition coefficient (Wildman–Crippen LogP) is 0.638. The third-order valence-corrected chi connectivity index (χ3v) is 2.72. The normalized spacial score (nSPS) is 26.7. The molecule has 0 saturated heterocycles. The highest BCUT2D eigenvalue weighted by Gasteiger charge is 2.28. The molecule has 1 aromatic rings. The van der Waals surface area contributed by atoms with Crippen LogP contribution in [0.1, 0.15) is 31.0 Å². The number of aliphatic hydroxyl groups is 1. The van der Waals surface area contributed by atoms with E-state index in [4.69, 9.17) is 0 Å². The van der Waals surface area contributed by atoms with E-state index in [9.17, 15) is 9.90 Å². The summed E-state index contributed by atoms with van der Waals surface area (Å²) in [6.07, 6.45) is 2.17. The summed E-state index contributed by atoms with van der Waals surface area (Å²) in [6.45, 7) is 1.84. The van der Waals surface area contributed by atoms with Gasteiger partial charge in [0, 0.05) is 6.07 Å². The predicted molar refractivity (Wildman–Crippen MR) is 52.1 cm³/mol. The molecule has 2 unspecified atom stereocenters. The fourth-order valence-electron chi connectivity index (χ4n) is 1.96. The molecule has 1 aliphatic rings. The lowest BCUT2D eigenvalue weighted by atomic mass is 10.2. The Balaban J connectivity index is 2.40. The Morgan fingerprint density at radius 3 is 2.93 bits per heavy atom. The van der Waals surface area contributed by atoms with Gasteiger partial charge < -0.3 is 5.11 Å². The molecule has 14 heavy (non-hydrogen) atoms. The zero-order chi connectivity index (χ0) is 10.1. The van der Waals surface area contributed by atoms with E-state index in [-0.39, 0.29) is 11.6 Å². The van der Waals surface area contributed by atoms with Crippen molar-refractivity contribution in [1.29, 1.82) is 0 Å². The molecule has 0 aliphatic heterocycles. The molecule has 0 bridgehead atoms. The van der Waals surface area contributed by atoms with Gasteiger partial charge in [-0.15, -0.1) is 0 Å². The van der Waals surface area contributed by atoms with Crippen LogP contribution in [0.4, 0.5) is 0 Å². The Kier molecular flexibility index (Phi) is 2.37. The van der Waals surface area contributed by atoms with Gasteiger partial charge in [-0.25, -0.2) is 4.68 Å². The fourth-order valence-corrected chi connectivity index (χ4v) is 1.96. The van der Waals surface area contributed by atoms with Crippen molar-refractivity contribution in [3.05, 3.63) is 28.2 Å². The van der Waals surface area contributed by atoms with Crippen molar-refractivity contribution < 1.29 is 5.11 Å². The molecule has 4 heteroatoms. The van der Waals surface area contributed by atoms with Crippen LogP contribution in [0.3, 0.4) is 0 Å². The van der Waals surface area contributed by atoms with Crippen molar-refractivity contribution in [2.24, 2.45) is 0 Å². The van der Waals surface area contributed by atoms with E-state index in [0.29, 0.717) is 0 Å². The van der Waals surface area contributed by atoms with Gasteiger partial charge in [0.2, 0.25) is 0 Å². The Morgan fingerprint density at radius 1 is 1.50 bits per heavy atom. The minimum Gasteiger partial charge on any atom is -0.391 e. The van der Waals surface area contributed by atoms with Gasteiger partial charge in [0.1, 0.15) is 0 Å². The molecular formula is C10H14N2O2. The number of nitrogens with zero attached hydrogens (tertiary/aromatic N) is 2. The SMILES string of the molecule is Cc1ccc(=O)n(C2CCCC2O)n1. The molecule has 0 spiro atoms. The highest BCUT2D eigenvalue weighted by atomic mass is 16.3. The van der Waals surface area contributed by atoms with Crippen molar-refractivity contribution in [2.75, 3.05) is 0 Å². The summed E-state index contributed by atoms with van der Waals surface area (Å²) in [6, 6.07) is 3.08. The largest absolute Gasteiger partial charge is 0.391 e. The summed E-state index contributed by atoms with van der Waals surface area (Å²) in [4.78, 5) is 11.5. The lowest BCUT2D eigenvalue weighted by molar-refractivity contribution is 0.127. The first-order valence-electron chi connectivity index (χ1n) is 4.93. The van der Waals surface area contributed by atoms with Crippen molar-refractivity contribution in [2.45, 2.75) is 38.3 Å². The second-order valence-electron chi connectivity index (χ2n) is 3.82. The van der Waals surface area contributed by atoms with Crippen LogP contribution < -0.4 is 5.56 Å². The zero-order valence-electron chi connectivity index (χ0n) is 8.18. The summed E-state index contributed by atoms with van der Waals surface area (Å²) >= 11 is 0. The summed E-state index contributed by atoms with van der Waals surface area (Å²) in [5, 5.41) is 13.8. The molecule has 76 valence electrons. The molecule has 2 atom stereocenters. The van der Waals surface area contributed by atoms with Gasteiger partial charge in [-0.1, -0.05) is 0 Å². The minimum absolute atomic E-state index is 0.123. The van der Waals surface area contributed by atoms with E-state index in [1.807, 2.05) is 6.92 Å². The van der Waals surface area contributed by atoms with Gasteiger partial charge in [-0.05, 0) is 32.3 Å². The van der Waals surface area contributed by atoms with Crippen molar-refractivity contribution >= 4 is 0 Å². The molecule has 0 radical (unpaired) electrons. The molecule has 1 N–H and O–H groups in total.